The quantitative estimate of drug-likeness (QED) is 0.855. The fourth-order valence-electron chi connectivity index (χ4n) is 1.42. The van der Waals surface area contributed by atoms with E-state index in [2.05, 4.69) is 25.3 Å². The predicted octanol–water partition coefficient (Wildman–Crippen LogP) is 4.11. The summed E-state index contributed by atoms with van der Waals surface area (Å²) in [6.07, 6.45) is 2.28. The lowest BCUT2D eigenvalue weighted by Gasteiger charge is -2.02. The van der Waals surface area contributed by atoms with E-state index in [9.17, 15) is 4.39 Å². The Kier molecular flexibility index (Phi) is 2.84. The molecule has 17 heavy (non-hydrogen) atoms. The minimum Gasteiger partial charge on any atom is -0.427 e. The molecule has 1 aromatic heterocycles. The summed E-state index contributed by atoms with van der Waals surface area (Å²) < 4.78 is 23.8. The first-order valence-corrected chi connectivity index (χ1v) is 6.75. The highest BCUT2D eigenvalue weighted by Gasteiger charge is 2.28. The van der Waals surface area contributed by atoms with E-state index in [0.717, 1.165) is 30.2 Å². The minimum atomic E-state index is -0.414. The van der Waals surface area contributed by atoms with Gasteiger partial charge in [0.15, 0.2) is 11.6 Å². The number of halogens is 2. The largest absolute Gasteiger partial charge is 0.427 e. The highest BCUT2D eigenvalue weighted by Crippen LogP contribution is 2.40. The van der Waals surface area contributed by atoms with Crippen LogP contribution in [0.1, 0.15) is 24.6 Å². The summed E-state index contributed by atoms with van der Waals surface area (Å²) in [6.45, 7) is 0. The van der Waals surface area contributed by atoms with Gasteiger partial charge in [0.05, 0.1) is 0 Å². The molecule has 2 aromatic rings. The number of nitrogens with zero attached hydrogens (tertiary/aromatic N) is 2. The second-order valence-corrected chi connectivity index (χ2v) is 5.50. The van der Waals surface area contributed by atoms with Crippen molar-refractivity contribution in [2.45, 2.75) is 18.8 Å². The number of hydrogen-bond acceptors (Lipinski definition) is 4. The van der Waals surface area contributed by atoms with Crippen LogP contribution in [0, 0.1) is 5.82 Å². The van der Waals surface area contributed by atoms with E-state index in [0.29, 0.717) is 15.6 Å². The molecule has 0 atom stereocenters. The van der Waals surface area contributed by atoms with Gasteiger partial charge in [-0.25, -0.2) is 4.39 Å². The molecule has 0 N–H and O–H groups in total. The first-order chi connectivity index (χ1) is 8.22. The van der Waals surface area contributed by atoms with Gasteiger partial charge in [-0.3, -0.25) is 0 Å². The maximum absolute atomic E-state index is 13.5. The van der Waals surface area contributed by atoms with Gasteiger partial charge in [-0.15, -0.1) is 0 Å². The summed E-state index contributed by atoms with van der Waals surface area (Å²) in [7, 11) is 0. The molecule has 1 aromatic carbocycles. The van der Waals surface area contributed by atoms with Crippen molar-refractivity contribution in [2.24, 2.45) is 0 Å². The SMILES string of the molecule is Fc1cc(Br)ccc1Oc1nc(C2CC2)ns1. The average molecular weight is 315 g/mol. The molecule has 1 heterocycles. The lowest BCUT2D eigenvalue weighted by molar-refractivity contribution is 0.438. The summed E-state index contributed by atoms with van der Waals surface area (Å²) in [5.41, 5.74) is 0. The van der Waals surface area contributed by atoms with Crippen molar-refractivity contribution in [3.8, 4) is 10.9 Å². The van der Waals surface area contributed by atoms with E-state index in [-0.39, 0.29) is 5.75 Å². The summed E-state index contributed by atoms with van der Waals surface area (Å²) >= 11 is 4.36. The van der Waals surface area contributed by atoms with Crippen molar-refractivity contribution in [3.63, 3.8) is 0 Å². The molecule has 1 fully saturated rings. The first-order valence-electron chi connectivity index (χ1n) is 5.19. The fraction of sp³-hybridized carbons (Fsp3) is 0.273. The molecular weight excluding hydrogens is 307 g/mol. The highest BCUT2D eigenvalue weighted by atomic mass is 79.9. The molecule has 3 nitrogen and oxygen atoms in total. The van der Waals surface area contributed by atoms with Gasteiger partial charge in [0.2, 0.25) is 0 Å². The van der Waals surface area contributed by atoms with Gasteiger partial charge in [-0.2, -0.15) is 9.36 Å². The zero-order valence-electron chi connectivity index (χ0n) is 8.69. The predicted molar refractivity (Wildman–Crippen MR) is 66.1 cm³/mol. The molecule has 0 bridgehead atoms. The zero-order valence-corrected chi connectivity index (χ0v) is 11.1. The van der Waals surface area contributed by atoms with Crippen molar-refractivity contribution in [3.05, 3.63) is 34.3 Å². The van der Waals surface area contributed by atoms with Gasteiger partial charge in [0.1, 0.15) is 5.82 Å². The monoisotopic (exact) mass is 314 g/mol. The molecule has 0 unspecified atom stereocenters. The van der Waals surface area contributed by atoms with Gasteiger partial charge >= 0.3 is 0 Å². The molecule has 0 aliphatic heterocycles. The first kappa shape index (κ1) is 11.1. The van der Waals surface area contributed by atoms with Crippen LogP contribution in [0.3, 0.4) is 0 Å². The molecule has 0 saturated heterocycles. The normalized spacial score (nSPS) is 14.9. The Morgan fingerprint density at radius 2 is 2.24 bits per heavy atom. The Morgan fingerprint density at radius 3 is 2.94 bits per heavy atom. The third kappa shape index (κ3) is 2.47. The Bertz CT molecular complexity index is 556. The van der Waals surface area contributed by atoms with E-state index in [1.54, 1.807) is 12.1 Å². The fourth-order valence-corrected chi connectivity index (χ4v) is 2.38. The summed E-state index contributed by atoms with van der Waals surface area (Å²) in [5.74, 6) is 1.06. The summed E-state index contributed by atoms with van der Waals surface area (Å²) in [6, 6.07) is 4.65. The number of ether oxygens (including phenoxy) is 1. The van der Waals surface area contributed by atoms with Gasteiger partial charge in [0, 0.05) is 21.9 Å². The number of rotatable bonds is 3. The zero-order chi connectivity index (χ0) is 11.8. The Balaban J connectivity index is 1.80. The lowest BCUT2D eigenvalue weighted by Crippen LogP contribution is -1.88. The van der Waals surface area contributed by atoms with Gasteiger partial charge < -0.3 is 4.74 Å². The molecule has 1 aliphatic rings. The van der Waals surface area contributed by atoms with Crippen LogP contribution >= 0.6 is 27.5 Å². The smallest absolute Gasteiger partial charge is 0.298 e. The highest BCUT2D eigenvalue weighted by molar-refractivity contribution is 9.10. The van der Waals surface area contributed by atoms with Crippen LogP contribution in [0.4, 0.5) is 4.39 Å². The van der Waals surface area contributed by atoms with Crippen LogP contribution < -0.4 is 4.74 Å². The molecular formula is C11H8BrFN2OS. The van der Waals surface area contributed by atoms with Crippen LogP contribution in [-0.4, -0.2) is 9.36 Å². The van der Waals surface area contributed by atoms with Crippen LogP contribution in [0.5, 0.6) is 10.9 Å². The van der Waals surface area contributed by atoms with Crippen molar-refractivity contribution < 1.29 is 9.13 Å². The number of hydrogen-bond donors (Lipinski definition) is 0. The summed E-state index contributed by atoms with van der Waals surface area (Å²) in [4.78, 5) is 4.24. The van der Waals surface area contributed by atoms with E-state index < -0.39 is 5.82 Å². The van der Waals surface area contributed by atoms with Gasteiger partial charge in [-0.1, -0.05) is 15.9 Å². The summed E-state index contributed by atoms with van der Waals surface area (Å²) in [5, 5.41) is 0.396. The third-order valence-corrected chi connectivity index (χ3v) is 3.56. The van der Waals surface area contributed by atoms with Crippen molar-refractivity contribution in [2.75, 3.05) is 0 Å². The number of benzene rings is 1. The standard InChI is InChI=1S/C11H8BrFN2OS/c12-7-3-4-9(8(13)5-7)16-11-14-10(15-17-11)6-1-2-6/h3-6H,1-2H2. The molecule has 3 rings (SSSR count). The van der Waals surface area contributed by atoms with Crippen molar-refractivity contribution >= 4 is 27.5 Å². The van der Waals surface area contributed by atoms with Crippen molar-refractivity contribution in [1.29, 1.82) is 0 Å². The third-order valence-electron chi connectivity index (χ3n) is 2.46. The minimum absolute atomic E-state index is 0.173. The van der Waals surface area contributed by atoms with E-state index in [4.69, 9.17) is 4.74 Å². The molecule has 1 aliphatic carbocycles. The maximum Gasteiger partial charge on any atom is 0.298 e. The Labute approximate surface area is 110 Å². The maximum atomic E-state index is 13.5. The molecule has 0 spiro atoms. The van der Waals surface area contributed by atoms with Crippen LogP contribution in [-0.2, 0) is 0 Å². The Morgan fingerprint density at radius 1 is 1.41 bits per heavy atom. The lowest BCUT2D eigenvalue weighted by atomic mass is 10.3. The van der Waals surface area contributed by atoms with Gasteiger partial charge in [0.25, 0.3) is 5.19 Å². The molecule has 0 amide bonds. The molecule has 1 saturated carbocycles. The van der Waals surface area contributed by atoms with Gasteiger partial charge in [-0.05, 0) is 31.0 Å². The van der Waals surface area contributed by atoms with Crippen LogP contribution in [0.15, 0.2) is 22.7 Å². The average Bonchev–Trinajstić information content (AvgIpc) is 3.04. The Hall–Kier alpha value is -1.01. The molecule has 88 valence electrons. The number of aromatic nitrogens is 2. The topological polar surface area (TPSA) is 35.0 Å². The second-order valence-electron chi connectivity index (χ2n) is 3.87. The second kappa shape index (κ2) is 4.34. The van der Waals surface area contributed by atoms with Crippen molar-refractivity contribution in [1.82, 2.24) is 9.36 Å². The van der Waals surface area contributed by atoms with Crippen LogP contribution in [0.2, 0.25) is 0 Å². The van der Waals surface area contributed by atoms with E-state index >= 15 is 0 Å². The van der Waals surface area contributed by atoms with E-state index in [1.807, 2.05) is 0 Å². The van der Waals surface area contributed by atoms with E-state index in [1.165, 1.54) is 6.07 Å². The molecule has 6 heteroatoms. The van der Waals surface area contributed by atoms with Crippen LogP contribution in [0.25, 0.3) is 0 Å². The molecule has 0 radical (unpaired) electrons.